The molecular weight excluding hydrogens is 260 g/mol. The summed E-state index contributed by atoms with van der Waals surface area (Å²) in [5.74, 6) is 0.884. The summed E-state index contributed by atoms with van der Waals surface area (Å²) in [6.45, 7) is 1.67. The molecule has 2 aromatic rings. The van der Waals surface area contributed by atoms with Crippen LogP contribution in [0.4, 0.5) is 5.13 Å². The number of nitrogens with one attached hydrogen (secondary N) is 1. The van der Waals surface area contributed by atoms with Crippen LogP contribution in [0.2, 0.25) is 0 Å². The monoisotopic (exact) mass is 278 g/mol. The van der Waals surface area contributed by atoms with Gasteiger partial charge in [-0.25, -0.2) is 0 Å². The van der Waals surface area contributed by atoms with Gasteiger partial charge in [0.2, 0.25) is 5.13 Å². The zero-order valence-corrected chi connectivity index (χ0v) is 12.2. The Morgan fingerprint density at radius 3 is 2.53 bits per heavy atom. The van der Waals surface area contributed by atoms with Gasteiger partial charge in [-0.1, -0.05) is 23.5 Å². The Bertz CT molecular complexity index is 512. The van der Waals surface area contributed by atoms with Crippen molar-refractivity contribution in [3.63, 3.8) is 0 Å². The number of nitrogens with zero attached hydrogens (tertiary/aromatic N) is 3. The van der Waals surface area contributed by atoms with Gasteiger partial charge in [-0.3, -0.25) is 4.90 Å². The zero-order valence-electron chi connectivity index (χ0n) is 11.4. The molecule has 5 nitrogen and oxygen atoms in total. The number of rotatable bonds is 6. The molecule has 19 heavy (non-hydrogen) atoms. The lowest BCUT2D eigenvalue weighted by molar-refractivity contribution is 0.317. The maximum Gasteiger partial charge on any atom is 0.205 e. The molecule has 1 N–H and O–H groups in total. The zero-order chi connectivity index (χ0) is 13.7. The van der Waals surface area contributed by atoms with E-state index in [1.54, 1.807) is 18.4 Å². The number of hydrogen-bond acceptors (Lipinski definition) is 6. The average Bonchev–Trinajstić information content (AvgIpc) is 2.87. The first kappa shape index (κ1) is 13.8. The molecular formula is C13H18N4OS. The van der Waals surface area contributed by atoms with Crippen molar-refractivity contribution in [3.8, 4) is 5.75 Å². The van der Waals surface area contributed by atoms with Crippen molar-refractivity contribution in [3.05, 3.63) is 34.8 Å². The average molecular weight is 278 g/mol. The maximum atomic E-state index is 5.15. The highest BCUT2D eigenvalue weighted by Gasteiger charge is 2.07. The third-order valence-corrected chi connectivity index (χ3v) is 3.62. The number of aromatic nitrogens is 2. The normalized spacial score (nSPS) is 10.7. The molecule has 2 rings (SSSR count). The Morgan fingerprint density at radius 1 is 1.21 bits per heavy atom. The van der Waals surface area contributed by atoms with Crippen LogP contribution in [0.1, 0.15) is 10.6 Å². The SMILES string of the molecule is CNc1nnc(CN(C)Cc2ccc(OC)cc2)s1. The molecule has 0 aliphatic heterocycles. The lowest BCUT2D eigenvalue weighted by Crippen LogP contribution is -2.17. The van der Waals surface area contributed by atoms with Crippen LogP contribution in [0, 0.1) is 0 Å². The van der Waals surface area contributed by atoms with E-state index in [9.17, 15) is 0 Å². The Morgan fingerprint density at radius 2 is 1.95 bits per heavy atom. The molecule has 0 atom stereocenters. The molecule has 0 amide bonds. The second-order valence-corrected chi connectivity index (χ2v) is 5.33. The van der Waals surface area contributed by atoms with Gasteiger partial charge in [0, 0.05) is 13.6 Å². The van der Waals surface area contributed by atoms with Crippen LogP contribution in [0.25, 0.3) is 0 Å². The van der Waals surface area contributed by atoms with Crippen LogP contribution in [-0.4, -0.2) is 36.3 Å². The largest absolute Gasteiger partial charge is 0.497 e. The van der Waals surface area contributed by atoms with Crippen LogP contribution < -0.4 is 10.1 Å². The Kier molecular flexibility index (Phi) is 4.70. The van der Waals surface area contributed by atoms with E-state index in [2.05, 4.69) is 39.6 Å². The maximum absolute atomic E-state index is 5.15. The summed E-state index contributed by atoms with van der Waals surface area (Å²) in [6, 6.07) is 8.11. The second kappa shape index (κ2) is 6.49. The molecule has 0 radical (unpaired) electrons. The van der Waals surface area contributed by atoms with Crippen molar-refractivity contribution in [1.29, 1.82) is 0 Å². The van der Waals surface area contributed by atoms with E-state index in [0.29, 0.717) is 0 Å². The first-order valence-corrected chi connectivity index (χ1v) is 6.84. The fourth-order valence-electron chi connectivity index (χ4n) is 1.75. The number of ether oxygens (including phenoxy) is 1. The van der Waals surface area contributed by atoms with Crippen molar-refractivity contribution in [2.45, 2.75) is 13.1 Å². The third kappa shape index (κ3) is 3.90. The van der Waals surface area contributed by atoms with Crippen LogP contribution in [-0.2, 0) is 13.1 Å². The summed E-state index contributed by atoms with van der Waals surface area (Å²) >= 11 is 1.58. The molecule has 102 valence electrons. The van der Waals surface area contributed by atoms with Gasteiger partial charge in [0.25, 0.3) is 0 Å². The fraction of sp³-hybridized carbons (Fsp3) is 0.385. The van der Waals surface area contributed by atoms with E-state index in [1.807, 2.05) is 19.2 Å². The van der Waals surface area contributed by atoms with Gasteiger partial charge in [-0.15, -0.1) is 10.2 Å². The van der Waals surface area contributed by atoms with Gasteiger partial charge in [0.05, 0.1) is 13.7 Å². The molecule has 0 aliphatic carbocycles. The summed E-state index contributed by atoms with van der Waals surface area (Å²) < 4.78 is 5.15. The first-order valence-electron chi connectivity index (χ1n) is 6.03. The highest BCUT2D eigenvalue weighted by atomic mass is 32.1. The quantitative estimate of drug-likeness (QED) is 0.878. The molecule has 0 fully saturated rings. The molecule has 1 aromatic carbocycles. The Labute approximate surface area is 117 Å². The minimum atomic E-state index is 0.797. The molecule has 0 saturated carbocycles. The van der Waals surface area contributed by atoms with Crippen LogP contribution in [0.5, 0.6) is 5.75 Å². The van der Waals surface area contributed by atoms with Crippen molar-refractivity contribution in [2.75, 3.05) is 26.5 Å². The highest BCUT2D eigenvalue weighted by Crippen LogP contribution is 2.17. The van der Waals surface area contributed by atoms with Gasteiger partial charge < -0.3 is 10.1 Å². The molecule has 0 aliphatic rings. The smallest absolute Gasteiger partial charge is 0.205 e. The molecule has 0 spiro atoms. The van der Waals surface area contributed by atoms with Gasteiger partial charge in [0.15, 0.2) is 0 Å². The second-order valence-electron chi connectivity index (χ2n) is 4.27. The van der Waals surface area contributed by atoms with Crippen molar-refractivity contribution >= 4 is 16.5 Å². The van der Waals surface area contributed by atoms with E-state index in [1.165, 1.54) is 5.56 Å². The number of hydrogen-bond donors (Lipinski definition) is 1. The van der Waals surface area contributed by atoms with E-state index in [0.717, 1.165) is 29.0 Å². The van der Waals surface area contributed by atoms with Crippen LogP contribution in [0.15, 0.2) is 24.3 Å². The molecule has 1 heterocycles. The molecule has 0 unspecified atom stereocenters. The van der Waals surface area contributed by atoms with E-state index >= 15 is 0 Å². The number of benzene rings is 1. The van der Waals surface area contributed by atoms with Crippen molar-refractivity contribution in [1.82, 2.24) is 15.1 Å². The van der Waals surface area contributed by atoms with Gasteiger partial charge in [-0.05, 0) is 24.7 Å². The summed E-state index contributed by atoms with van der Waals surface area (Å²) in [7, 11) is 5.60. The lowest BCUT2D eigenvalue weighted by Gasteiger charge is -2.14. The van der Waals surface area contributed by atoms with Gasteiger partial charge in [-0.2, -0.15) is 0 Å². The van der Waals surface area contributed by atoms with Crippen molar-refractivity contribution < 1.29 is 4.74 Å². The fourth-order valence-corrected chi connectivity index (χ4v) is 2.52. The van der Waals surface area contributed by atoms with Crippen molar-refractivity contribution in [2.24, 2.45) is 0 Å². The topological polar surface area (TPSA) is 50.3 Å². The third-order valence-electron chi connectivity index (χ3n) is 2.70. The summed E-state index contributed by atoms with van der Waals surface area (Å²) in [6.07, 6.45) is 0. The Hall–Kier alpha value is -1.66. The predicted molar refractivity (Wildman–Crippen MR) is 77.6 cm³/mol. The van der Waals surface area contributed by atoms with Gasteiger partial charge >= 0.3 is 0 Å². The van der Waals surface area contributed by atoms with Crippen LogP contribution >= 0.6 is 11.3 Å². The Balaban J connectivity index is 1.90. The molecule has 1 aromatic heterocycles. The summed E-state index contributed by atoms with van der Waals surface area (Å²) in [5.41, 5.74) is 1.25. The summed E-state index contributed by atoms with van der Waals surface area (Å²) in [5, 5.41) is 13.0. The highest BCUT2D eigenvalue weighted by molar-refractivity contribution is 7.15. The summed E-state index contributed by atoms with van der Waals surface area (Å²) in [4.78, 5) is 2.21. The van der Waals surface area contributed by atoms with E-state index in [-0.39, 0.29) is 0 Å². The molecule has 0 bridgehead atoms. The number of methoxy groups -OCH3 is 1. The van der Waals surface area contributed by atoms with Gasteiger partial charge in [0.1, 0.15) is 10.8 Å². The minimum Gasteiger partial charge on any atom is -0.497 e. The van der Waals surface area contributed by atoms with Crippen LogP contribution in [0.3, 0.4) is 0 Å². The standard InChI is InChI=1S/C13H18N4OS/c1-14-13-16-15-12(19-13)9-17(2)8-10-4-6-11(18-3)7-5-10/h4-7H,8-9H2,1-3H3,(H,14,16). The number of anilines is 1. The predicted octanol–water partition coefficient (Wildman–Crippen LogP) is 2.22. The lowest BCUT2D eigenvalue weighted by atomic mass is 10.2. The first-order chi connectivity index (χ1) is 9.21. The minimum absolute atomic E-state index is 0.797. The molecule has 6 heteroatoms. The van der Waals surface area contributed by atoms with E-state index in [4.69, 9.17) is 4.74 Å². The molecule has 0 saturated heterocycles. The van der Waals surface area contributed by atoms with E-state index < -0.39 is 0 Å².